The van der Waals surface area contributed by atoms with Crippen molar-refractivity contribution in [3.63, 3.8) is 0 Å². The van der Waals surface area contributed by atoms with Crippen LogP contribution in [0.3, 0.4) is 0 Å². The number of aliphatic carboxylic acids is 1. The van der Waals surface area contributed by atoms with Crippen LogP contribution in [0, 0.1) is 0 Å². The molecule has 2 rings (SSSR count). The SMILES string of the molecule is CSC(CCC(=O)O)c1ccc(-c2ccccc2)cc1. The highest BCUT2D eigenvalue weighted by Gasteiger charge is 2.12. The summed E-state index contributed by atoms with van der Waals surface area (Å²) in [4.78, 5) is 10.7. The molecule has 0 aliphatic heterocycles. The minimum absolute atomic E-state index is 0.214. The number of carboxylic acids is 1. The van der Waals surface area contributed by atoms with Gasteiger partial charge in [-0.15, -0.1) is 0 Å². The van der Waals surface area contributed by atoms with Gasteiger partial charge >= 0.3 is 5.97 Å². The van der Waals surface area contributed by atoms with E-state index in [1.807, 2.05) is 24.5 Å². The lowest BCUT2D eigenvalue weighted by Crippen LogP contribution is -2.00. The molecule has 2 aromatic carbocycles. The van der Waals surface area contributed by atoms with Crippen LogP contribution in [0.25, 0.3) is 11.1 Å². The predicted octanol–water partition coefficient (Wildman–Crippen LogP) is 4.62. The first-order valence-electron chi connectivity index (χ1n) is 6.60. The Balaban J connectivity index is 2.12. The highest BCUT2D eigenvalue weighted by molar-refractivity contribution is 7.98. The predicted molar refractivity (Wildman–Crippen MR) is 85.0 cm³/mol. The van der Waals surface area contributed by atoms with E-state index in [1.165, 1.54) is 16.7 Å². The molecule has 0 aliphatic rings. The van der Waals surface area contributed by atoms with Crippen LogP contribution in [0.1, 0.15) is 23.7 Å². The third-order valence-electron chi connectivity index (χ3n) is 3.29. The van der Waals surface area contributed by atoms with Crippen molar-refractivity contribution >= 4 is 17.7 Å². The van der Waals surface area contributed by atoms with Crippen molar-refractivity contribution in [2.45, 2.75) is 18.1 Å². The lowest BCUT2D eigenvalue weighted by atomic mass is 10.0. The van der Waals surface area contributed by atoms with E-state index in [-0.39, 0.29) is 11.7 Å². The molecule has 0 amide bonds. The Bertz CT molecular complexity index is 549. The summed E-state index contributed by atoms with van der Waals surface area (Å²) in [7, 11) is 0. The van der Waals surface area contributed by atoms with Crippen molar-refractivity contribution in [1.29, 1.82) is 0 Å². The fourth-order valence-electron chi connectivity index (χ4n) is 2.20. The molecular weight excluding hydrogens is 268 g/mol. The Labute approximate surface area is 123 Å². The maximum Gasteiger partial charge on any atom is 0.303 e. The van der Waals surface area contributed by atoms with Crippen LogP contribution < -0.4 is 0 Å². The molecule has 3 heteroatoms. The zero-order valence-corrected chi connectivity index (χ0v) is 12.3. The average molecular weight is 286 g/mol. The summed E-state index contributed by atoms with van der Waals surface area (Å²) in [6.45, 7) is 0. The molecule has 0 radical (unpaired) electrons. The van der Waals surface area contributed by atoms with Gasteiger partial charge in [0, 0.05) is 11.7 Å². The summed E-state index contributed by atoms with van der Waals surface area (Å²) in [5.74, 6) is -0.732. The Morgan fingerprint density at radius 1 is 1.05 bits per heavy atom. The molecule has 2 nitrogen and oxygen atoms in total. The van der Waals surface area contributed by atoms with Gasteiger partial charge in [0.25, 0.3) is 0 Å². The van der Waals surface area contributed by atoms with Crippen molar-refractivity contribution in [3.05, 3.63) is 60.2 Å². The third-order valence-corrected chi connectivity index (χ3v) is 4.37. The van der Waals surface area contributed by atoms with Crippen LogP contribution in [0.2, 0.25) is 0 Å². The van der Waals surface area contributed by atoms with Gasteiger partial charge in [0.1, 0.15) is 0 Å². The van der Waals surface area contributed by atoms with Gasteiger partial charge in [0.05, 0.1) is 0 Å². The van der Waals surface area contributed by atoms with Crippen molar-refractivity contribution in [2.75, 3.05) is 6.26 Å². The van der Waals surface area contributed by atoms with E-state index < -0.39 is 5.97 Å². The van der Waals surface area contributed by atoms with Crippen LogP contribution in [0.5, 0.6) is 0 Å². The van der Waals surface area contributed by atoms with Gasteiger partial charge in [-0.1, -0.05) is 54.6 Å². The van der Waals surface area contributed by atoms with Crippen LogP contribution in [0.15, 0.2) is 54.6 Å². The highest BCUT2D eigenvalue weighted by Crippen LogP contribution is 2.32. The second-order valence-corrected chi connectivity index (χ2v) is 5.69. The Kier molecular flexibility index (Phi) is 5.24. The van der Waals surface area contributed by atoms with Gasteiger partial charge in [-0.2, -0.15) is 11.8 Å². The molecule has 0 saturated carbocycles. The smallest absolute Gasteiger partial charge is 0.303 e. The first-order chi connectivity index (χ1) is 9.70. The lowest BCUT2D eigenvalue weighted by molar-refractivity contribution is -0.137. The quantitative estimate of drug-likeness (QED) is 0.841. The number of hydrogen-bond acceptors (Lipinski definition) is 2. The van der Waals surface area contributed by atoms with Gasteiger partial charge in [-0.3, -0.25) is 4.79 Å². The second-order valence-electron chi connectivity index (χ2n) is 4.64. The van der Waals surface area contributed by atoms with E-state index >= 15 is 0 Å². The molecule has 0 fully saturated rings. The van der Waals surface area contributed by atoms with Crippen molar-refractivity contribution in [1.82, 2.24) is 0 Å². The fourth-order valence-corrected chi connectivity index (χ4v) is 2.98. The number of benzene rings is 2. The summed E-state index contributed by atoms with van der Waals surface area (Å²) in [6.07, 6.45) is 2.91. The molecule has 0 aromatic heterocycles. The number of carbonyl (C=O) groups is 1. The summed E-state index contributed by atoms with van der Waals surface area (Å²) in [5, 5.41) is 9.03. The molecule has 0 heterocycles. The molecule has 0 spiro atoms. The Hall–Kier alpha value is -1.74. The van der Waals surface area contributed by atoms with Crippen LogP contribution in [0.4, 0.5) is 0 Å². The zero-order chi connectivity index (χ0) is 14.4. The standard InChI is InChI=1S/C17H18O2S/c1-20-16(11-12-17(18)19)15-9-7-14(8-10-15)13-5-3-2-4-6-13/h2-10,16H,11-12H2,1H3,(H,18,19). The lowest BCUT2D eigenvalue weighted by Gasteiger charge is -2.14. The first kappa shape index (κ1) is 14.7. The normalized spacial score (nSPS) is 12.1. The highest BCUT2D eigenvalue weighted by atomic mass is 32.2. The molecule has 20 heavy (non-hydrogen) atoms. The van der Waals surface area contributed by atoms with E-state index in [0.717, 1.165) is 0 Å². The number of thioether (sulfide) groups is 1. The molecule has 1 N–H and O–H groups in total. The van der Waals surface area contributed by atoms with Crippen molar-refractivity contribution < 1.29 is 9.90 Å². The van der Waals surface area contributed by atoms with E-state index in [0.29, 0.717) is 6.42 Å². The van der Waals surface area contributed by atoms with Gasteiger partial charge in [0.2, 0.25) is 0 Å². The number of carboxylic acid groups (broad SMARTS) is 1. The summed E-state index contributed by atoms with van der Waals surface area (Å²) >= 11 is 1.70. The molecule has 1 unspecified atom stereocenters. The van der Waals surface area contributed by atoms with Gasteiger partial charge in [-0.25, -0.2) is 0 Å². The molecule has 104 valence electrons. The van der Waals surface area contributed by atoms with E-state index in [2.05, 4.69) is 36.4 Å². The van der Waals surface area contributed by atoms with Gasteiger partial charge < -0.3 is 5.11 Å². The van der Waals surface area contributed by atoms with Gasteiger partial charge in [0.15, 0.2) is 0 Å². The second kappa shape index (κ2) is 7.15. The van der Waals surface area contributed by atoms with Gasteiger partial charge in [-0.05, 0) is 29.4 Å². The third kappa shape index (κ3) is 3.87. The zero-order valence-electron chi connectivity index (χ0n) is 11.5. The monoisotopic (exact) mass is 286 g/mol. The van der Waals surface area contributed by atoms with Crippen LogP contribution >= 0.6 is 11.8 Å². The maximum absolute atomic E-state index is 10.7. The van der Waals surface area contributed by atoms with Crippen molar-refractivity contribution in [3.8, 4) is 11.1 Å². The summed E-state index contributed by atoms with van der Waals surface area (Å²) in [5.41, 5.74) is 3.58. The summed E-state index contributed by atoms with van der Waals surface area (Å²) in [6, 6.07) is 18.7. The van der Waals surface area contributed by atoms with Crippen LogP contribution in [-0.2, 0) is 4.79 Å². The topological polar surface area (TPSA) is 37.3 Å². The number of hydrogen-bond donors (Lipinski definition) is 1. The average Bonchev–Trinajstić information content (AvgIpc) is 2.49. The molecule has 0 aliphatic carbocycles. The number of rotatable bonds is 6. The van der Waals surface area contributed by atoms with Crippen molar-refractivity contribution in [2.24, 2.45) is 0 Å². The molecule has 2 aromatic rings. The van der Waals surface area contributed by atoms with E-state index in [1.54, 1.807) is 11.8 Å². The molecule has 1 atom stereocenters. The van der Waals surface area contributed by atoms with E-state index in [4.69, 9.17) is 5.11 Å². The van der Waals surface area contributed by atoms with Crippen LogP contribution in [-0.4, -0.2) is 17.3 Å². The Morgan fingerprint density at radius 2 is 1.65 bits per heavy atom. The Morgan fingerprint density at radius 3 is 2.20 bits per heavy atom. The first-order valence-corrected chi connectivity index (χ1v) is 7.89. The van der Waals surface area contributed by atoms with E-state index in [9.17, 15) is 4.79 Å². The molecular formula is C17H18O2S. The summed E-state index contributed by atoms with van der Waals surface area (Å²) < 4.78 is 0. The largest absolute Gasteiger partial charge is 0.481 e. The minimum atomic E-state index is -0.732. The fraction of sp³-hybridized carbons (Fsp3) is 0.235. The maximum atomic E-state index is 10.7. The molecule has 0 saturated heterocycles. The molecule has 0 bridgehead atoms. The minimum Gasteiger partial charge on any atom is -0.481 e.